The highest BCUT2D eigenvalue weighted by molar-refractivity contribution is 4.83. The van der Waals surface area contributed by atoms with Crippen molar-refractivity contribution in [3.63, 3.8) is 0 Å². The maximum atomic E-state index is 12.8. The van der Waals surface area contributed by atoms with Crippen molar-refractivity contribution in [3.8, 4) is 0 Å². The molecule has 0 saturated carbocycles. The minimum Gasteiger partial charge on any atom is -0.320 e. The van der Waals surface area contributed by atoms with E-state index >= 15 is 0 Å². The molecule has 0 aromatic rings. The van der Waals surface area contributed by atoms with Gasteiger partial charge in [-0.05, 0) is 25.2 Å². The Kier molecular flexibility index (Phi) is 8.83. The molecule has 5 radical (unpaired) electrons. The molecule has 1 aliphatic heterocycles. The second-order valence-electron chi connectivity index (χ2n) is 3.33. The first kappa shape index (κ1) is 17.0. The summed E-state index contributed by atoms with van der Waals surface area (Å²) in [5.41, 5.74) is 0. The predicted molar refractivity (Wildman–Crippen MR) is 58.1 cm³/mol. The third kappa shape index (κ3) is 6.61. The third-order valence-corrected chi connectivity index (χ3v) is 2.28. The SMILES string of the molecule is C=CC1CCC[CH]C(F)(F)OCC1.[CH2].[CH2]. The van der Waals surface area contributed by atoms with Gasteiger partial charge in [0.15, 0.2) is 0 Å². The summed E-state index contributed by atoms with van der Waals surface area (Å²) in [7, 11) is 0. The summed E-state index contributed by atoms with van der Waals surface area (Å²) in [6.45, 7) is 3.78. The van der Waals surface area contributed by atoms with E-state index < -0.39 is 6.11 Å². The van der Waals surface area contributed by atoms with Crippen molar-refractivity contribution >= 4 is 0 Å². The first-order valence-corrected chi connectivity index (χ1v) is 4.63. The largest absolute Gasteiger partial charge is 0.359 e. The number of allylic oxidation sites excluding steroid dienone is 1. The van der Waals surface area contributed by atoms with Gasteiger partial charge < -0.3 is 4.74 Å². The van der Waals surface area contributed by atoms with E-state index in [2.05, 4.69) is 11.3 Å². The molecule has 0 N–H and O–H groups in total. The molecule has 0 bridgehead atoms. The molecule has 1 atom stereocenters. The summed E-state index contributed by atoms with van der Waals surface area (Å²) >= 11 is 0. The van der Waals surface area contributed by atoms with Crippen molar-refractivity contribution in [2.75, 3.05) is 6.61 Å². The normalized spacial score (nSPS) is 25.9. The Hall–Kier alpha value is -0.440. The second kappa shape index (κ2) is 7.80. The molecule has 0 aliphatic carbocycles. The summed E-state index contributed by atoms with van der Waals surface area (Å²) in [6.07, 6.45) is 2.53. The van der Waals surface area contributed by atoms with Gasteiger partial charge in [0.25, 0.3) is 0 Å². The molecule has 0 amide bonds. The number of halogens is 2. The van der Waals surface area contributed by atoms with Crippen LogP contribution >= 0.6 is 0 Å². The summed E-state index contributed by atoms with van der Waals surface area (Å²) in [5.74, 6) is 0.322. The van der Waals surface area contributed by atoms with E-state index in [0.717, 1.165) is 19.3 Å². The van der Waals surface area contributed by atoms with Crippen LogP contribution in [0.3, 0.4) is 0 Å². The zero-order valence-corrected chi connectivity index (χ0v) is 9.05. The molecule has 3 heteroatoms. The average Bonchev–Trinajstić information content (AvgIpc) is 2.15. The second-order valence-corrected chi connectivity index (χ2v) is 3.33. The van der Waals surface area contributed by atoms with Crippen molar-refractivity contribution in [2.24, 2.45) is 5.92 Å². The Morgan fingerprint density at radius 1 is 1.33 bits per heavy atom. The van der Waals surface area contributed by atoms with Crippen LogP contribution in [0.15, 0.2) is 12.7 Å². The fourth-order valence-electron chi connectivity index (χ4n) is 1.44. The molecule has 1 aliphatic rings. The highest BCUT2D eigenvalue weighted by Crippen LogP contribution is 2.27. The van der Waals surface area contributed by atoms with Gasteiger partial charge in [0.1, 0.15) is 0 Å². The van der Waals surface area contributed by atoms with Crippen molar-refractivity contribution in [1.29, 1.82) is 0 Å². The van der Waals surface area contributed by atoms with Gasteiger partial charge in [-0.2, -0.15) is 8.78 Å². The van der Waals surface area contributed by atoms with Crippen molar-refractivity contribution < 1.29 is 13.5 Å². The number of hydrogen-bond donors (Lipinski definition) is 0. The predicted octanol–water partition coefficient (Wildman–Crippen LogP) is 3.83. The number of ether oxygens (including phenoxy) is 1. The van der Waals surface area contributed by atoms with Crippen LogP contribution in [0.4, 0.5) is 8.78 Å². The minimum atomic E-state index is -3.03. The van der Waals surface area contributed by atoms with E-state index in [1.807, 2.05) is 6.08 Å². The van der Waals surface area contributed by atoms with Gasteiger partial charge in [-0.15, -0.1) is 6.58 Å². The quantitative estimate of drug-likeness (QED) is 0.606. The Labute approximate surface area is 92.5 Å². The highest BCUT2D eigenvalue weighted by Gasteiger charge is 2.30. The van der Waals surface area contributed by atoms with E-state index in [1.165, 1.54) is 0 Å². The zero-order chi connectivity index (χ0) is 9.73. The van der Waals surface area contributed by atoms with E-state index in [4.69, 9.17) is 0 Å². The van der Waals surface area contributed by atoms with E-state index in [1.54, 1.807) is 0 Å². The Morgan fingerprint density at radius 3 is 2.60 bits per heavy atom. The molecule has 0 aromatic heterocycles. The molecule has 15 heavy (non-hydrogen) atoms. The highest BCUT2D eigenvalue weighted by atomic mass is 19.3. The van der Waals surface area contributed by atoms with Gasteiger partial charge in [-0.25, -0.2) is 0 Å². The molecule has 1 heterocycles. The average molecular weight is 217 g/mol. The molecular weight excluding hydrogens is 198 g/mol. The van der Waals surface area contributed by atoms with Crippen LogP contribution in [0.25, 0.3) is 0 Å². The molecule has 0 aromatic carbocycles. The first-order valence-electron chi connectivity index (χ1n) is 4.63. The first-order chi connectivity index (χ1) is 6.14. The molecule has 1 unspecified atom stereocenters. The Morgan fingerprint density at radius 2 is 2.00 bits per heavy atom. The lowest BCUT2D eigenvalue weighted by molar-refractivity contribution is -0.214. The maximum Gasteiger partial charge on any atom is 0.359 e. The summed E-state index contributed by atoms with van der Waals surface area (Å²) in [6, 6.07) is 0. The fraction of sp³-hybridized carbons (Fsp3) is 0.583. The molecule has 87 valence electrons. The Balaban J connectivity index is 0. The Bertz CT molecular complexity index is 169. The number of hydrogen-bond acceptors (Lipinski definition) is 1. The lowest BCUT2D eigenvalue weighted by atomic mass is 9.99. The van der Waals surface area contributed by atoms with Crippen molar-refractivity contribution in [2.45, 2.75) is 31.8 Å². The van der Waals surface area contributed by atoms with Gasteiger partial charge in [-0.1, -0.05) is 27.4 Å². The number of rotatable bonds is 1. The standard InChI is InChI=1S/C10H15F2O.2CH2/c1-2-9-5-3-4-7-10(11,12)13-8-6-9;;/h2,7,9H,1,3-6,8H2;2*1H2. The molecular formula is C12H19F2O. The van der Waals surface area contributed by atoms with Crippen LogP contribution in [-0.2, 0) is 4.74 Å². The van der Waals surface area contributed by atoms with Crippen LogP contribution in [0.1, 0.15) is 25.7 Å². The smallest absolute Gasteiger partial charge is 0.320 e. The van der Waals surface area contributed by atoms with Crippen molar-refractivity contribution in [1.82, 2.24) is 0 Å². The summed E-state index contributed by atoms with van der Waals surface area (Å²) in [5, 5.41) is 0. The molecule has 1 fully saturated rings. The topological polar surface area (TPSA) is 9.23 Å². The van der Waals surface area contributed by atoms with Crippen LogP contribution in [0, 0.1) is 27.2 Å². The summed E-state index contributed by atoms with van der Waals surface area (Å²) in [4.78, 5) is 0. The van der Waals surface area contributed by atoms with E-state index in [9.17, 15) is 8.78 Å². The van der Waals surface area contributed by atoms with Gasteiger partial charge in [-0.3, -0.25) is 0 Å². The van der Waals surface area contributed by atoms with Crippen LogP contribution in [0.2, 0.25) is 0 Å². The molecule has 1 rings (SSSR count). The lowest BCUT2D eigenvalue weighted by Crippen LogP contribution is -2.21. The molecule has 1 nitrogen and oxygen atoms in total. The maximum absolute atomic E-state index is 12.8. The van der Waals surface area contributed by atoms with Gasteiger partial charge in [0.2, 0.25) is 0 Å². The minimum absolute atomic E-state index is 0. The van der Waals surface area contributed by atoms with Crippen LogP contribution in [-0.4, -0.2) is 12.7 Å². The third-order valence-electron chi connectivity index (χ3n) is 2.28. The zero-order valence-electron chi connectivity index (χ0n) is 9.05. The van der Waals surface area contributed by atoms with Crippen LogP contribution < -0.4 is 0 Å². The van der Waals surface area contributed by atoms with Gasteiger partial charge >= 0.3 is 6.11 Å². The van der Waals surface area contributed by atoms with Gasteiger partial charge in [0.05, 0.1) is 13.0 Å². The lowest BCUT2D eigenvalue weighted by Gasteiger charge is -2.14. The monoisotopic (exact) mass is 217 g/mol. The van der Waals surface area contributed by atoms with E-state index in [0.29, 0.717) is 18.8 Å². The van der Waals surface area contributed by atoms with E-state index in [-0.39, 0.29) is 21.5 Å². The molecule has 0 spiro atoms. The van der Waals surface area contributed by atoms with Gasteiger partial charge in [0, 0.05) is 0 Å². The molecule has 1 saturated heterocycles. The fourth-order valence-corrected chi connectivity index (χ4v) is 1.44. The number of alkyl halides is 2. The van der Waals surface area contributed by atoms with Crippen molar-refractivity contribution in [3.05, 3.63) is 33.9 Å². The van der Waals surface area contributed by atoms with Crippen LogP contribution in [0.5, 0.6) is 0 Å². The summed E-state index contributed by atoms with van der Waals surface area (Å²) < 4.78 is 30.0.